The highest BCUT2D eigenvalue weighted by molar-refractivity contribution is 5.80. The van der Waals surface area contributed by atoms with Crippen LogP contribution in [0.4, 0.5) is 0 Å². The standard InChI is InChI=1S/C14H30N2O2/c1-6-9-11(4)16-13(17)12(5)18-14(7-2,8-3)10-15/h11-12H,6-10,15H2,1-5H3,(H,16,17). The second kappa shape index (κ2) is 8.48. The first-order valence-electron chi connectivity index (χ1n) is 7.12. The fourth-order valence-electron chi connectivity index (χ4n) is 2.05. The van der Waals surface area contributed by atoms with Gasteiger partial charge in [-0.2, -0.15) is 0 Å². The van der Waals surface area contributed by atoms with Crippen molar-refractivity contribution >= 4 is 5.91 Å². The molecule has 0 aromatic carbocycles. The lowest BCUT2D eigenvalue weighted by molar-refractivity contribution is -0.146. The fourth-order valence-corrected chi connectivity index (χ4v) is 2.05. The summed E-state index contributed by atoms with van der Waals surface area (Å²) in [5, 5.41) is 2.97. The minimum Gasteiger partial charge on any atom is -0.361 e. The van der Waals surface area contributed by atoms with Gasteiger partial charge in [-0.15, -0.1) is 0 Å². The summed E-state index contributed by atoms with van der Waals surface area (Å²) in [6.07, 6.45) is 3.24. The summed E-state index contributed by atoms with van der Waals surface area (Å²) in [7, 11) is 0. The Morgan fingerprint density at radius 2 is 1.83 bits per heavy atom. The summed E-state index contributed by atoms with van der Waals surface area (Å²) < 4.78 is 5.89. The Labute approximate surface area is 112 Å². The number of nitrogens with two attached hydrogens (primary N) is 1. The molecule has 2 atom stereocenters. The summed E-state index contributed by atoms with van der Waals surface area (Å²) in [6.45, 7) is 10.5. The third-order valence-corrected chi connectivity index (χ3v) is 3.57. The first-order valence-corrected chi connectivity index (χ1v) is 7.12. The molecule has 0 aliphatic carbocycles. The van der Waals surface area contributed by atoms with E-state index in [0.29, 0.717) is 6.54 Å². The summed E-state index contributed by atoms with van der Waals surface area (Å²) in [4.78, 5) is 12.0. The summed E-state index contributed by atoms with van der Waals surface area (Å²) in [6, 6.07) is 0.198. The van der Waals surface area contributed by atoms with Crippen molar-refractivity contribution in [3.63, 3.8) is 0 Å². The minimum atomic E-state index is -0.451. The van der Waals surface area contributed by atoms with Crippen LogP contribution < -0.4 is 11.1 Å². The van der Waals surface area contributed by atoms with E-state index in [1.165, 1.54) is 0 Å². The van der Waals surface area contributed by atoms with E-state index in [1.807, 2.05) is 20.8 Å². The highest BCUT2D eigenvalue weighted by Gasteiger charge is 2.30. The molecule has 1 amide bonds. The van der Waals surface area contributed by atoms with Crippen LogP contribution in [-0.4, -0.2) is 30.2 Å². The van der Waals surface area contributed by atoms with Gasteiger partial charge in [-0.25, -0.2) is 0 Å². The van der Waals surface area contributed by atoms with Gasteiger partial charge in [0.2, 0.25) is 5.91 Å². The molecule has 108 valence electrons. The molecule has 18 heavy (non-hydrogen) atoms. The maximum Gasteiger partial charge on any atom is 0.249 e. The SMILES string of the molecule is CCCC(C)NC(=O)C(C)OC(CC)(CC)CN. The maximum absolute atomic E-state index is 12.0. The van der Waals surface area contributed by atoms with Crippen molar-refractivity contribution in [2.24, 2.45) is 5.73 Å². The fraction of sp³-hybridized carbons (Fsp3) is 0.929. The van der Waals surface area contributed by atoms with E-state index in [-0.39, 0.29) is 17.6 Å². The Bertz CT molecular complexity index is 232. The van der Waals surface area contributed by atoms with E-state index < -0.39 is 6.10 Å². The van der Waals surface area contributed by atoms with Gasteiger partial charge in [0.15, 0.2) is 0 Å². The molecular formula is C14H30N2O2. The molecule has 0 aromatic heterocycles. The second-order valence-electron chi connectivity index (χ2n) is 5.05. The third kappa shape index (κ3) is 5.36. The molecule has 4 nitrogen and oxygen atoms in total. The van der Waals surface area contributed by atoms with E-state index >= 15 is 0 Å². The summed E-state index contributed by atoms with van der Waals surface area (Å²) in [5.41, 5.74) is 5.40. The Hall–Kier alpha value is -0.610. The molecule has 4 heteroatoms. The van der Waals surface area contributed by atoms with Gasteiger partial charge in [0.25, 0.3) is 0 Å². The number of carbonyl (C=O) groups is 1. The van der Waals surface area contributed by atoms with Crippen LogP contribution in [0.3, 0.4) is 0 Å². The Kier molecular flexibility index (Phi) is 8.20. The number of amides is 1. The molecular weight excluding hydrogens is 228 g/mol. The topological polar surface area (TPSA) is 64.3 Å². The monoisotopic (exact) mass is 258 g/mol. The number of rotatable bonds is 9. The molecule has 0 saturated heterocycles. The molecule has 0 radical (unpaired) electrons. The first kappa shape index (κ1) is 17.4. The smallest absolute Gasteiger partial charge is 0.249 e. The van der Waals surface area contributed by atoms with E-state index in [9.17, 15) is 4.79 Å². The zero-order chi connectivity index (χ0) is 14.2. The van der Waals surface area contributed by atoms with Gasteiger partial charge >= 0.3 is 0 Å². The van der Waals surface area contributed by atoms with Gasteiger partial charge in [0.05, 0.1) is 5.60 Å². The molecule has 0 heterocycles. The predicted molar refractivity (Wildman–Crippen MR) is 75.4 cm³/mol. The van der Waals surface area contributed by atoms with E-state index in [4.69, 9.17) is 10.5 Å². The second-order valence-corrected chi connectivity index (χ2v) is 5.05. The Morgan fingerprint density at radius 1 is 1.28 bits per heavy atom. The van der Waals surface area contributed by atoms with Crippen LogP contribution in [0, 0.1) is 0 Å². The van der Waals surface area contributed by atoms with E-state index in [0.717, 1.165) is 25.7 Å². The number of carbonyl (C=O) groups excluding carboxylic acids is 1. The lowest BCUT2D eigenvalue weighted by Gasteiger charge is -2.33. The molecule has 0 fully saturated rings. The van der Waals surface area contributed by atoms with Crippen LogP contribution in [-0.2, 0) is 9.53 Å². The van der Waals surface area contributed by atoms with Crippen LogP contribution >= 0.6 is 0 Å². The number of ether oxygens (including phenoxy) is 1. The molecule has 2 unspecified atom stereocenters. The molecule has 3 N–H and O–H groups in total. The quantitative estimate of drug-likeness (QED) is 0.666. The van der Waals surface area contributed by atoms with Crippen LogP contribution in [0.2, 0.25) is 0 Å². The van der Waals surface area contributed by atoms with Gasteiger partial charge < -0.3 is 15.8 Å². The highest BCUT2D eigenvalue weighted by atomic mass is 16.5. The van der Waals surface area contributed by atoms with E-state index in [2.05, 4.69) is 12.2 Å². The highest BCUT2D eigenvalue weighted by Crippen LogP contribution is 2.21. The van der Waals surface area contributed by atoms with Gasteiger partial charge in [-0.05, 0) is 33.1 Å². The van der Waals surface area contributed by atoms with Gasteiger partial charge in [-0.3, -0.25) is 4.79 Å². The summed E-state index contributed by atoms with van der Waals surface area (Å²) in [5.74, 6) is -0.0457. The van der Waals surface area contributed by atoms with Gasteiger partial charge in [0.1, 0.15) is 6.10 Å². The minimum absolute atomic E-state index is 0.0457. The first-order chi connectivity index (χ1) is 8.44. The van der Waals surface area contributed by atoms with Crippen molar-refractivity contribution in [2.75, 3.05) is 6.54 Å². The van der Waals surface area contributed by atoms with Crippen molar-refractivity contribution in [3.8, 4) is 0 Å². The number of nitrogens with one attached hydrogen (secondary N) is 1. The van der Waals surface area contributed by atoms with Gasteiger partial charge in [-0.1, -0.05) is 27.2 Å². The largest absolute Gasteiger partial charge is 0.361 e. The predicted octanol–water partition coefficient (Wildman–Crippen LogP) is 2.21. The molecule has 0 aromatic rings. The Morgan fingerprint density at radius 3 is 2.22 bits per heavy atom. The number of hydrogen-bond acceptors (Lipinski definition) is 3. The molecule has 0 bridgehead atoms. The van der Waals surface area contributed by atoms with Crippen LogP contribution in [0.25, 0.3) is 0 Å². The lowest BCUT2D eigenvalue weighted by Crippen LogP contribution is -2.48. The van der Waals surface area contributed by atoms with Gasteiger partial charge in [0, 0.05) is 12.6 Å². The average molecular weight is 258 g/mol. The maximum atomic E-state index is 12.0. The average Bonchev–Trinajstić information content (AvgIpc) is 2.36. The molecule has 0 rings (SSSR count). The van der Waals surface area contributed by atoms with Crippen molar-refractivity contribution < 1.29 is 9.53 Å². The van der Waals surface area contributed by atoms with Crippen molar-refractivity contribution in [1.29, 1.82) is 0 Å². The van der Waals surface area contributed by atoms with E-state index in [1.54, 1.807) is 6.92 Å². The Balaban J connectivity index is 4.37. The molecule has 0 aliphatic heterocycles. The number of hydrogen-bond donors (Lipinski definition) is 2. The normalized spacial score (nSPS) is 15.2. The molecule has 0 spiro atoms. The lowest BCUT2D eigenvalue weighted by atomic mass is 9.97. The van der Waals surface area contributed by atoms with Crippen molar-refractivity contribution in [1.82, 2.24) is 5.32 Å². The molecule has 0 aliphatic rings. The molecule has 0 saturated carbocycles. The van der Waals surface area contributed by atoms with Crippen LogP contribution in [0.15, 0.2) is 0 Å². The van der Waals surface area contributed by atoms with Crippen molar-refractivity contribution in [3.05, 3.63) is 0 Å². The third-order valence-electron chi connectivity index (χ3n) is 3.57. The van der Waals surface area contributed by atoms with Crippen LogP contribution in [0.5, 0.6) is 0 Å². The summed E-state index contributed by atoms with van der Waals surface area (Å²) >= 11 is 0. The van der Waals surface area contributed by atoms with Crippen molar-refractivity contribution in [2.45, 2.75) is 78.0 Å². The zero-order valence-electron chi connectivity index (χ0n) is 12.6. The zero-order valence-corrected chi connectivity index (χ0v) is 12.6. The van der Waals surface area contributed by atoms with Crippen LogP contribution in [0.1, 0.15) is 60.3 Å².